The van der Waals surface area contributed by atoms with E-state index in [9.17, 15) is 0 Å². The lowest BCUT2D eigenvalue weighted by Gasteiger charge is -2.08. The van der Waals surface area contributed by atoms with Gasteiger partial charge in [0.2, 0.25) is 0 Å². The van der Waals surface area contributed by atoms with Crippen molar-refractivity contribution in [1.82, 2.24) is 0 Å². The average Bonchev–Trinajstić information content (AvgIpc) is 2.04. The number of hydrogen-bond donors (Lipinski definition) is 0. The third kappa shape index (κ3) is 3.05. The molecular weight excluding hydrogens is 162 g/mol. The van der Waals surface area contributed by atoms with E-state index < -0.39 is 0 Å². The smallest absolute Gasteiger partial charge is 0.172 e. The first-order chi connectivity index (χ1) is 6.09. The number of rotatable bonds is 3. The first-order valence-corrected chi connectivity index (χ1v) is 4.77. The molecule has 2 heteroatoms. The fourth-order valence-corrected chi connectivity index (χ4v) is 1.12. The Labute approximate surface area is 80.2 Å². The predicted molar refractivity (Wildman–Crippen MR) is 52.8 cm³/mol. The maximum atomic E-state index is 5.54. The Bertz CT molecular complexity index is 251. The monoisotopic (exact) mass is 180 g/mol. The maximum Gasteiger partial charge on any atom is 0.172 e. The van der Waals surface area contributed by atoms with E-state index in [1.165, 1.54) is 0 Å². The van der Waals surface area contributed by atoms with Gasteiger partial charge in [0.15, 0.2) is 18.4 Å². The van der Waals surface area contributed by atoms with E-state index in [-0.39, 0.29) is 6.10 Å². The van der Waals surface area contributed by atoms with Crippen molar-refractivity contribution in [2.24, 2.45) is 0 Å². The summed E-state index contributed by atoms with van der Waals surface area (Å²) in [7, 11) is 0. The highest BCUT2D eigenvalue weighted by atomic mass is 16.5. The summed E-state index contributed by atoms with van der Waals surface area (Å²) in [5.41, 5.74) is 0. The third-order valence-corrected chi connectivity index (χ3v) is 1.79. The van der Waals surface area contributed by atoms with Gasteiger partial charge in [-0.15, -0.1) is 0 Å². The van der Waals surface area contributed by atoms with E-state index in [4.69, 9.17) is 4.74 Å². The molecular formula is C11H18NO+. The average molecular weight is 180 g/mol. The van der Waals surface area contributed by atoms with Crippen LogP contribution in [0.2, 0.25) is 0 Å². The van der Waals surface area contributed by atoms with Crippen LogP contribution < -0.4 is 9.30 Å². The SMILES string of the molecule is CC(C)Oc1cc[n+](C(C)C)cc1. The Morgan fingerprint density at radius 2 is 1.62 bits per heavy atom. The summed E-state index contributed by atoms with van der Waals surface area (Å²) < 4.78 is 7.68. The maximum absolute atomic E-state index is 5.54. The predicted octanol–water partition coefficient (Wildman–Crippen LogP) is 2.34. The molecule has 0 aliphatic carbocycles. The van der Waals surface area contributed by atoms with Crippen molar-refractivity contribution in [2.75, 3.05) is 0 Å². The van der Waals surface area contributed by atoms with Gasteiger partial charge in [0.25, 0.3) is 0 Å². The van der Waals surface area contributed by atoms with Gasteiger partial charge in [-0.3, -0.25) is 0 Å². The van der Waals surface area contributed by atoms with Crippen LogP contribution in [-0.2, 0) is 0 Å². The van der Waals surface area contributed by atoms with Crippen LogP contribution in [0.4, 0.5) is 0 Å². The summed E-state index contributed by atoms with van der Waals surface area (Å²) in [5, 5.41) is 0. The fraction of sp³-hybridized carbons (Fsp3) is 0.545. The number of nitrogens with zero attached hydrogens (tertiary/aromatic N) is 1. The van der Waals surface area contributed by atoms with Gasteiger partial charge in [-0.05, 0) is 27.7 Å². The standard InChI is InChI=1S/C11H18NO/c1-9(2)12-7-5-11(6-8-12)13-10(3)4/h5-10H,1-4H3/q+1. The molecule has 13 heavy (non-hydrogen) atoms. The van der Waals surface area contributed by atoms with Crippen LogP contribution in [0, 0.1) is 0 Å². The molecule has 0 saturated carbocycles. The van der Waals surface area contributed by atoms with E-state index in [1.54, 1.807) is 0 Å². The zero-order valence-corrected chi connectivity index (χ0v) is 8.82. The molecule has 0 unspecified atom stereocenters. The van der Waals surface area contributed by atoms with Crippen LogP contribution in [0.25, 0.3) is 0 Å². The number of pyridine rings is 1. The third-order valence-electron chi connectivity index (χ3n) is 1.79. The van der Waals surface area contributed by atoms with Gasteiger partial charge >= 0.3 is 0 Å². The first-order valence-electron chi connectivity index (χ1n) is 4.77. The summed E-state index contributed by atoms with van der Waals surface area (Å²) in [6.07, 6.45) is 4.33. The molecule has 0 saturated heterocycles. The van der Waals surface area contributed by atoms with Crippen LogP contribution in [-0.4, -0.2) is 6.10 Å². The van der Waals surface area contributed by atoms with Crippen LogP contribution in [0.3, 0.4) is 0 Å². The molecule has 0 atom stereocenters. The molecule has 0 aliphatic rings. The summed E-state index contributed by atoms with van der Waals surface area (Å²) in [6, 6.07) is 4.51. The number of hydrogen-bond acceptors (Lipinski definition) is 1. The zero-order valence-electron chi connectivity index (χ0n) is 8.82. The summed E-state index contributed by atoms with van der Waals surface area (Å²) >= 11 is 0. The van der Waals surface area contributed by atoms with E-state index in [0.717, 1.165) is 5.75 Å². The van der Waals surface area contributed by atoms with E-state index in [2.05, 4.69) is 18.4 Å². The molecule has 0 spiro atoms. The quantitative estimate of drug-likeness (QED) is 0.651. The second-order valence-electron chi connectivity index (χ2n) is 3.74. The summed E-state index contributed by atoms with van der Waals surface area (Å²) in [5.74, 6) is 0.937. The highest BCUT2D eigenvalue weighted by Gasteiger charge is 2.05. The molecule has 0 aromatic carbocycles. The summed E-state index contributed by atoms with van der Waals surface area (Å²) in [6.45, 7) is 8.37. The van der Waals surface area contributed by atoms with Gasteiger partial charge < -0.3 is 4.74 Å². The van der Waals surface area contributed by atoms with Gasteiger partial charge in [0.1, 0.15) is 5.75 Å². The molecule has 1 rings (SSSR count). The molecule has 0 aliphatic heterocycles. The molecule has 72 valence electrons. The van der Waals surface area contributed by atoms with Crippen LogP contribution >= 0.6 is 0 Å². The van der Waals surface area contributed by atoms with Crippen molar-refractivity contribution in [3.8, 4) is 5.75 Å². The Balaban J connectivity index is 2.70. The van der Waals surface area contributed by atoms with Gasteiger partial charge in [-0.1, -0.05) is 0 Å². The molecule has 0 fully saturated rings. The molecule has 1 aromatic rings. The van der Waals surface area contributed by atoms with Gasteiger partial charge in [0.05, 0.1) is 6.10 Å². The Kier molecular flexibility index (Phi) is 3.29. The highest BCUT2D eigenvalue weighted by molar-refractivity contribution is 5.14. The molecule has 1 heterocycles. The van der Waals surface area contributed by atoms with Crippen molar-refractivity contribution in [2.45, 2.75) is 39.8 Å². The van der Waals surface area contributed by atoms with Crippen molar-refractivity contribution < 1.29 is 9.30 Å². The molecule has 2 nitrogen and oxygen atoms in total. The first kappa shape index (κ1) is 10.0. The molecule has 0 N–H and O–H groups in total. The lowest BCUT2D eigenvalue weighted by atomic mass is 10.3. The minimum atomic E-state index is 0.245. The van der Waals surface area contributed by atoms with Gasteiger partial charge in [0, 0.05) is 12.1 Å². The zero-order chi connectivity index (χ0) is 9.84. The van der Waals surface area contributed by atoms with Crippen LogP contribution in [0.15, 0.2) is 24.5 Å². The van der Waals surface area contributed by atoms with Gasteiger partial charge in [-0.25, -0.2) is 4.57 Å². The Morgan fingerprint density at radius 3 is 2.00 bits per heavy atom. The van der Waals surface area contributed by atoms with Crippen molar-refractivity contribution in [3.63, 3.8) is 0 Å². The molecule has 1 aromatic heterocycles. The minimum Gasteiger partial charge on any atom is -0.491 e. The Hall–Kier alpha value is -1.05. The molecule has 0 bridgehead atoms. The minimum absolute atomic E-state index is 0.245. The second kappa shape index (κ2) is 4.26. The lowest BCUT2D eigenvalue weighted by Crippen LogP contribution is -2.34. The molecule has 0 radical (unpaired) electrons. The normalized spacial score (nSPS) is 10.9. The molecule has 0 amide bonds. The van der Waals surface area contributed by atoms with Crippen molar-refractivity contribution >= 4 is 0 Å². The number of ether oxygens (including phenoxy) is 1. The largest absolute Gasteiger partial charge is 0.491 e. The second-order valence-corrected chi connectivity index (χ2v) is 3.74. The highest BCUT2D eigenvalue weighted by Crippen LogP contribution is 2.09. The van der Waals surface area contributed by atoms with Crippen LogP contribution in [0.1, 0.15) is 33.7 Å². The van der Waals surface area contributed by atoms with Crippen LogP contribution in [0.5, 0.6) is 5.75 Å². The summed E-state index contributed by atoms with van der Waals surface area (Å²) in [4.78, 5) is 0. The topological polar surface area (TPSA) is 13.1 Å². The number of aromatic nitrogens is 1. The van der Waals surface area contributed by atoms with Gasteiger partial charge in [-0.2, -0.15) is 0 Å². The van der Waals surface area contributed by atoms with E-state index >= 15 is 0 Å². The van der Waals surface area contributed by atoms with E-state index in [1.807, 2.05) is 38.4 Å². The van der Waals surface area contributed by atoms with Crippen molar-refractivity contribution in [1.29, 1.82) is 0 Å². The fourth-order valence-electron chi connectivity index (χ4n) is 1.12. The lowest BCUT2D eigenvalue weighted by molar-refractivity contribution is -0.716. The Morgan fingerprint density at radius 1 is 1.08 bits per heavy atom. The van der Waals surface area contributed by atoms with E-state index in [0.29, 0.717) is 6.04 Å². The van der Waals surface area contributed by atoms with Crippen molar-refractivity contribution in [3.05, 3.63) is 24.5 Å².